The molecule has 1 N–H and O–H groups in total. The minimum Gasteiger partial charge on any atom is -0.462 e. The first-order valence-electron chi connectivity index (χ1n) is 19.0. The monoisotopic (exact) mass is 752 g/mol. The van der Waals surface area contributed by atoms with Crippen LogP contribution in [0.5, 0.6) is 0 Å². The maximum atomic E-state index is 14.8. The third-order valence-corrected chi connectivity index (χ3v) is 9.54. The molecule has 4 atom stereocenters. The van der Waals surface area contributed by atoms with Crippen LogP contribution in [-0.4, -0.2) is 97.1 Å². The van der Waals surface area contributed by atoms with Gasteiger partial charge in [-0.1, -0.05) is 121 Å². The van der Waals surface area contributed by atoms with E-state index in [1.807, 2.05) is 128 Å². The molecule has 1 fully saturated rings. The van der Waals surface area contributed by atoms with Crippen molar-refractivity contribution in [1.82, 2.24) is 9.80 Å². The van der Waals surface area contributed by atoms with Crippen LogP contribution in [0.4, 0.5) is 0 Å². The maximum Gasteiger partial charge on any atom is 0.311 e. The minimum atomic E-state index is -2.01. The van der Waals surface area contributed by atoms with Gasteiger partial charge in [-0.15, -0.1) is 0 Å². The number of carbonyl (C=O) groups is 2. The zero-order valence-corrected chi connectivity index (χ0v) is 32.5. The Morgan fingerprint density at radius 1 is 0.618 bits per heavy atom. The van der Waals surface area contributed by atoms with Gasteiger partial charge in [0.05, 0.1) is 38.4 Å². The van der Waals surface area contributed by atoms with Crippen molar-refractivity contribution in [3.8, 4) is 0 Å². The number of hydrogen-bond donors (Lipinski definition) is 1. The Morgan fingerprint density at radius 2 is 1.05 bits per heavy atom. The fourth-order valence-electron chi connectivity index (χ4n) is 6.22. The van der Waals surface area contributed by atoms with Crippen molar-refractivity contribution in [2.24, 2.45) is 5.41 Å². The van der Waals surface area contributed by atoms with E-state index in [1.165, 1.54) is 0 Å². The molecule has 10 nitrogen and oxygen atoms in total. The van der Waals surface area contributed by atoms with Crippen molar-refractivity contribution in [1.29, 1.82) is 0 Å². The molecule has 0 radical (unpaired) electrons. The molecule has 0 unspecified atom stereocenters. The van der Waals surface area contributed by atoms with Crippen LogP contribution in [0.2, 0.25) is 0 Å². The van der Waals surface area contributed by atoms with Crippen LogP contribution in [0.15, 0.2) is 121 Å². The van der Waals surface area contributed by atoms with Gasteiger partial charge in [-0.2, -0.15) is 0 Å². The van der Waals surface area contributed by atoms with Crippen LogP contribution >= 0.6 is 0 Å². The Hall–Kier alpha value is -4.42. The molecule has 0 spiro atoms. The van der Waals surface area contributed by atoms with Crippen molar-refractivity contribution in [2.75, 3.05) is 46.4 Å². The second-order valence-electron chi connectivity index (χ2n) is 15.2. The minimum absolute atomic E-state index is 0.0546. The van der Waals surface area contributed by atoms with Gasteiger partial charge in [0.2, 0.25) is 0 Å². The standard InChI is InChI=1S/C45H56N2O8/c1-44(2,3)43(49)55-34-45(50,33-51-29-35-17-9-5-10-18-35)41(54-32-38-23-15-8-16-24-38)39(52-30-36-19-11-6-12-20-36)40(53-31-37-21-13-7-14-22-37)42(48)47-27-25-46(4)26-28-47/h5-24,39-41,50H,25-34H2,1-4H3/t39-,40-,41+,45-/m1/s1. The van der Waals surface area contributed by atoms with Crippen molar-refractivity contribution in [3.05, 3.63) is 144 Å². The number of carbonyl (C=O) groups excluding carboxylic acids is 2. The number of rotatable bonds is 19. The molecule has 0 aromatic heterocycles. The van der Waals surface area contributed by atoms with Crippen molar-refractivity contribution in [2.45, 2.75) is 71.1 Å². The second-order valence-corrected chi connectivity index (χ2v) is 15.2. The molecule has 1 aliphatic rings. The van der Waals surface area contributed by atoms with E-state index in [1.54, 1.807) is 25.7 Å². The summed E-state index contributed by atoms with van der Waals surface area (Å²) < 4.78 is 32.3. The Balaban J connectivity index is 1.59. The van der Waals surface area contributed by atoms with Crippen LogP contribution in [0.25, 0.3) is 0 Å². The summed E-state index contributed by atoms with van der Waals surface area (Å²) in [5.41, 5.74) is 0.579. The number of amides is 1. The molecular weight excluding hydrogens is 697 g/mol. The molecular formula is C45H56N2O8. The van der Waals surface area contributed by atoms with Crippen LogP contribution in [0, 0.1) is 5.41 Å². The average molecular weight is 753 g/mol. The summed E-state index contributed by atoms with van der Waals surface area (Å²) in [4.78, 5) is 32.1. The number of likely N-dealkylation sites (N-methyl/N-ethyl adjacent to an activating group) is 1. The van der Waals surface area contributed by atoms with E-state index in [0.29, 0.717) is 26.2 Å². The number of hydrogen-bond acceptors (Lipinski definition) is 9. The Kier molecular flexibility index (Phi) is 15.5. The second kappa shape index (κ2) is 20.5. The van der Waals surface area contributed by atoms with Crippen molar-refractivity contribution < 1.29 is 38.4 Å². The molecule has 0 bridgehead atoms. The van der Waals surface area contributed by atoms with Gasteiger partial charge >= 0.3 is 5.97 Å². The fourth-order valence-corrected chi connectivity index (χ4v) is 6.22. The summed E-state index contributed by atoms with van der Waals surface area (Å²) in [6, 6.07) is 38.4. The van der Waals surface area contributed by atoms with Gasteiger partial charge in [-0.05, 0) is 50.1 Å². The molecule has 1 aliphatic heterocycles. The van der Waals surface area contributed by atoms with E-state index < -0.39 is 41.9 Å². The van der Waals surface area contributed by atoms with Crippen LogP contribution < -0.4 is 0 Å². The lowest BCUT2D eigenvalue weighted by Gasteiger charge is -2.43. The van der Waals surface area contributed by atoms with Gasteiger partial charge in [-0.3, -0.25) is 9.59 Å². The van der Waals surface area contributed by atoms with Gasteiger partial charge in [0.15, 0.2) is 11.7 Å². The summed E-state index contributed by atoms with van der Waals surface area (Å²) in [5, 5.41) is 13.0. The summed E-state index contributed by atoms with van der Waals surface area (Å²) in [6.45, 7) is 7.24. The number of esters is 1. The quantitative estimate of drug-likeness (QED) is 0.115. The lowest BCUT2D eigenvalue weighted by Crippen LogP contribution is -2.63. The predicted molar refractivity (Wildman–Crippen MR) is 211 cm³/mol. The van der Waals surface area contributed by atoms with Crippen molar-refractivity contribution in [3.63, 3.8) is 0 Å². The summed E-state index contributed by atoms with van der Waals surface area (Å²) in [5.74, 6) is -0.794. The van der Waals surface area contributed by atoms with E-state index in [-0.39, 0.29) is 38.9 Å². The highest BCUT2D eigenvalue weighted by Crippen LogP contribution is 2.30. The smallest absolute Gasteiger partial charge is 0.311 e. The molecule has 1 heterocycles. The Bertz CT molecular complexity index is 1710. The molecule has 0 saturated carbocycles. The van der Waals surface area contributed by atoms with E-state index in [4.69, 9.17) is 23.7 Å². The van der Waals surface area contributed by atoms with E-state index in [0.717, 1.165) is 22.3 Å². The molecule has 10 heteroatoms. The highest BCUT2D eigenvalue weighted by Gasteiger charge is 2.51. The van der Waals surface area contributed by atoms with Crippen LogP contribution in [-0.2, 0) is 59.7 Å². The fraction of sp³-hybridized carbons (Fsp3) is 0.422. The summed E-state index contributed by atoms with van der Waals surface area (Å²) in [6.07, 6.45) is -3.72. The van der Waals surface area contributed by atoms with E-state index in [2.05, 4.69) is 4.90 Å². The van der Waals surface area contributed by atoms with Gasteiger partial charge < -0.3 is 38.6 Å². The average Bonchev–Trinajstić information content (AvgIpc) is 3.20. The molecule has 4 aromatic rings. The third-order valence-electron chi connectivity index (χ3n) is 9.54. The molecule has 55 heavy (non-hydrogen) atoms. The summed E-state index contributed by atoms with van der Waals surface area (Å²) >= 11 is 0. The van der Waals surface area contributed by atoms with E-state index in [9.17, 15) is 14.7 Å². The first-order valence-corrected chi connectivity index (χ1v) is 19.0. The maximum absolute atomic E-state index is 14.8. The normalized spacial score (nSPS) is 16.5. The number of benzene rings is 4. The predicted octanol–water partition coefficient (Wildman–Crippen LogP) is 6.05. The number of piperazine rings is 1. The lowest BCUT2D eigenvalue weighted by atomic mass is 9.89. The molecule has 1 amide bonds. The Morgan fingerprint density at radius 3 is 1.53 bits per heavy atom. The van der Waals surface area contributed by atoms with Crippen LogP contribution in [0.1, 0.15) is 43.0 Å². The first kappa shape index (κ1) is 41.7. The van der Waals surface area contributed by atoms with Gasteiger partial charge in [0.1, 0.15) is 18.8 Å². The molecule has 0 aliphatic carbocycles. The zero-order valence-electron chi connectivity index (χ0n) is 32.5. The van der Waals surface area contributed by atoms with Gasteiger partial charge in [0.25, 0.3) is 5.91 Å². The topological polar surface area (TPSA) is 107 Å². The van der Waals surface area contributed by atoms with Gasteiger partial charge in [0, 0.05) is 26.2 Å². The number of ether oxygens (including phenoxy) is 5. The third kappa shape index (κ3) is 12.8. The van der Waals surface area contributed by atoms with E-state index >= 15 is 0 Å². The zero-order chi connectivity index (χ0) is 39.1. The summed E-state index contributed by atoms with van der Waals surface area (Å²) in [7, 11) is 2.03. The van der Waals surface area contributed by atoms with Crippen LogP contribution in [0.3, 0.4) is 0 Å². The lowest BCUT2D eigenvalue weighted by molar-refractivity contribution is -0.237. The molecule has 294 valence electrons. The van der Waals surface area contributed by atoms with Gasteiger partial charge in [-0.25, -0.2) is 0 Å². The molecule has 1 saturated heterocycles. The molecule has 5 rings (SSSR count). The van der Waals surface area contributed by atoms with Crippen molar-refractivity contribution >= 4 is 11.9 Å². The number of nitrogens with zero attached hydrogens (tertiary/aromatic N) is 2. The highest BCUT2D eigenvalue weighted by molar-refractivity contribution is 5.82. The highest BCUT2D eigenvalue weighted by atomic mass is 16.6. The number of aliphatic hydroxyl groups is 1. The molecule has 4 aromatic carbocycles. The first-order chi connectivity index (χ1) is 26.5. The SMILES string of the molecule is CN1CCN(C(=O)[C@H](OCc2ccccc2)[C@@H](OCc2ccccc2)[C@H](OCc2ccccc2)[C@@](O)(COCc2ccccc2)COC(=O)C(C)(C)C)CC1. The largest absolute Gasteiger partial charge is 0.462 e. The Labute approximate surface area is 325 Å².